The highest BCUT2D eigenvalue weighted by Crippen LogP contribution is 2.14. The van der Waals surface area contributed by atoms with Crippen LogP contribution in [0, 0.1) is 0 Å². The molecular formula is C27H49N2O3+. The molecule has 1 amide bonds. The van der Waals surface area contributed by atoms with E-state index in [2.05, 4.69) is 12.2 Å². The Morgan fingerprint density at radius 1 is 0.812 bits per heavy atom. The highest BCUT2D eigenvalue weighted by atomic mass is 16.3. The fraction of sp³-hybridized carbons (Fsp3) is 0.778. The van der Waals surface area contributed by atoms with Crippen molar-refractivity contribution < 1.29 is 19.6 Å². The first-order valence-electron chi connectivity index (χ1n) is 13.2. The van der Waals surface area contributed by atoms with Crippen LogP contribution >= 0.6 is 0 Å². The van der Waals surface area contributed by atoms with Gasteiger partial charge in [-0.25, -0.2) is 4.57 Å². The zero-order valence-corrected chi connectivity index (χ0v) is 20.5. The third-order valence-corrected chi connectivity index (χ3v) is 6.21. The van der Waals surface area contributed by atoms with E-state index in [0.29, 0.717) is 12.8 Å². The topological polar surface area (TPSA) is 73.4 Å². The van der Waals surface area contributed by atoms with Crippen LogP contribution in [-0.2, 0) is 11.3 Å². The quantitative estimate of drug-likeness (QED) is 0.181. The molecule has 0 saturated heterocycles. The van der Waals surface area contributed by atoms with Gasteiger partial charge in [0.25, 0.3) is 0 Å². The molecule has 1 heterocycles. The zero-order chi connectivity index (χ0) is 23.3. The number of rotatable bonds is 21. The first-order valence-corrected chi connectivity index (χ1v) is 13.2. The number of nitrogens with zero attached hydrogens (tertiary/aromatic N) is 1. The predicted octanol–water partition coefficient (Wildman–Crippen LogP) is 5.07. The van der Waals surface area contributed by atoms with E-state index in [9.17, 15) is 15.0 Å². The molecule has 0 aromatic carbocycles. The lowest BCUT2D eigenvalue weighted by Gasteiger charge is -2.22. The van der Waals surface area contributed by atoms with E-state index in [0.717, 1.165) is 25.8 Å². The van der Waals surface area contributed by atoms with Crippen LogP contribution in [0.2, 0.25) is 0 Å². The summed E-state index contributed by atoms with van der Waals surface area (Å²) < 4.78 is 2.04. The van der Waals surface area contributed by atoms with Crippen molar-refractivity contribution >= 4 is 5.91 Å². The molecule has 184 valence electrons. The van der Waals surface area contributed by atoms with Crippen LogP contribution in [-0.4, -0.2) is 34.9 Å². The lowest BCUT2D eigenvalue weighted by Crippen LogP contribution is -2.46. The third kappa shape index (κ3) is 15.4. The van der Waals surface area contributed by atoms with Gasteiger partial charge in [-0.2, -0.15) is 0 Å². The summed E-state index contributed by atoms with van der Waals surface area (Å²) in [6.07, 6.45) is 21.9. The van der Waals surface area contributed by atoms with Crippen molar-refractivity contribution in [3.8, 4) is 0 Å². The normalized spacial score (nSPS) is 13.1. The molecule has 0 aliphatic carbocycles. The van der Waals surface area contributed by atoms with E-state index < -0.39 is 12.1 Å². The number of carbonyl (C=O) groups excluding carboxylic acids is 1. The fourth-order valence-corrected chi connectivity index (χ4v) is 4.12. The highest BCUT2D eigenvalue weighted by Gasteiger charge is 2.20. The molecule has 2 atom stereocenters. The summed E-state index contributed by atoms with van der Waals surface area (Å²) in [6, 6.07) is 5.33. The molecule has 0 unspecified atom stereocenters. The van der Waals surface area contributed by atoms with Gasteiger partial charge in [0.05, 0.1) is 18.8 Å². The van der Waals surface area contributed by atoms with Gasteiger partial charge in [0.2, 0.25) is 5.91 Å². The Hall–Kier alpha value is -1.46. The number of unbranched alkanes of at least 4 members (excludes halogenated alkanes) is 12. The van der Waals surface area contributed by atoms with E-state index in [1.54, 1.807) is 0 Å². The summed E-state index contributed by atoms with van der Waals surface area (Å²) >= 11 is 0. The molecule has 0 aliphatic rings. The second kappa shape index (κ2) is 20.2. The number of nitrogens with one attached hydrogen (secondary N) is 1. The molecule has 0 saturated carbocycles. The Balaban J connectivity index is 1.99. The molecule has 5 heteroatoms. The number of hydrogen-bond acceptors (Lipinski definition) is 3. The maximum Gasteiger partial charge on any atom is 0.220 e. The molecular weight excluding hydrogens is 400 g/mol. The van der Waals surface area contributed by atoms with E-state index >= 15 is 0 Å². The minimum Gasteiger partial charge on any atom is -0.394 e. The van der Waals surface area contributed by atoms with Gasteiger partial charge < -0.3 is 15.5 Å². The Kier molecular flexibility index (Phi) is 18.0. The summed E-state index contributed by atoms with van der Waals surface area (Å²) in [7, 11) is 0. The molecule has 3 N–H and O–H groups in total. The minimum absolute atomic E-state index is 0.106. The summed E-state index contributed by atoms with van der Waals surface area (Å²) in [5.74, 6) is -0.106. The van der Waals surface area contributed by atoms with Gasteiger partial charge in [-0.1, -0.05) is 96.5 Å². The summed E-state index contributed by atoms with van der Waals surface area (Å²) in [6.45, 7) is 2.82. The van der Waals surface area contributed by atoms with E-state index in [1.165, 1.54) is 70.6 Å². The molecule has 32 heavy (non-hydrogen) atoms. The summed E-state index contributed by atoms with van der Waals surface area (Å²) in [4.78, 5) is 12.2. The molecule has 1 aromatic rings. The van der Waals surface area contributed by atoms with Gasteiger partial charge in [-0.15, -0.1) is 0 Å². The van der Waals surface area contributed by atoms with Crippen LogP contribution in [0.3, 0.4) is 0 Å². The average Bonchev–Trinajstić information content (AvgIpc) is 2.81. The lowest BCUT2D eigenvalue weighted by atomic mass is 10.0. The van der Waals surface area contributed by atoms with Crippen LogP contribution in [0.25, 0.3) is 0 Å². The first kappa shape index (κ1) is 28.6. The minimum atomic E-state index is -0.680. The molecule has 0 aliphatic heterocycles. The van der Waals surface area contributed by atoms with E-state index in [1.807, 2.05) is 35.2 Å². The van der Waals surface area contributed by atoms with Crippen molar-refractivity contribution in [1.82, 2.24) is 5.32 Å². The molecule has 0 fully saturated rings. The van der Waals surface area contributed by atoms with Crippen LogP contribution in [0.15, 0.2) is 30.6 Å². The monoisotopic (exact) mass is 449 g/mol. The number of pyridine rings is 1. The van der Waals surface area contributed by atoms with Crippen molar-refractivity contribution in [1.29, 1.82) is 0 Å². The molecule has 1 aromatic heterocycles. The Morgan fingerprint density at radius 2 is 1.34 bits per heavy atom. The number of amides is 1. The van der Waals surface area contributed by atoms with Crippen molar-refractivity contribution in [3.63, 3.8) is 0 Å². The molecule has 0 radical (unpaired) electrons. The third-order valence-electron chi connectivity index (χ3n) is 6.21. The summed E-state index contributed by atoms with van der Waals surface area (Å²) in [5.41, 5.74) is 0. The maximum absolute atomic E-state index is 12.2. The predicted molar refractivity (Wildman–Crippen MR) is 131 cm³/mol. The van der Waals surface area contributed by atoms with Gasteiger partial charge >= 0.3 is 0 Å². The van der Waals surface area contributed by atoms with Crippen molar-refractivity contribution in [2.24, 2.45) is 0 Å². The van der Waals surface area contributed by atoms with Crippen molar-refractivity contribution in [2.75, 3.05) is 6.61 Å². The molecule has 0 bridgehead atoms. The smallest absolute Gasteiger partial charge is 0.220 e. The Labute approximate surface area is 196 Å². The Bertz CT molecular complexity index is 553. The number of aliphatic hydroxyl groups excluding tert-OH is 2. The standard InChI is InChI=1S/C27H48N2O3/c1-2-3-4-5-6-7-8-9-10-11-12-13-15-19-26(31)25(24-30)28-27(32)20-18-23-29-21-16-14-17-22-29/h14,16-17,21-22,25-26,30-31H,2-13,15,18-20,23-24H2,1H3/p+1/t25-,26-/m0/s1. The SMILES string of the molecule is CCCCCCCCCCCCCCC[C@H](O)[C@H](CO)NC(=O)CCC[n+]1ccccc1. The maximum atomic E-state index is 12.2. The van der Waals surface area contributed by atoms with E-state index in [4.69, 9.17) is 0 Å². The second-order valence-electron chi connectivity index (χ2n) is 9.17. The van der Waals surface area contributed by atoms with Crippen LogP contribution in [0.5, 0.6) is 0 Å². The Morgan fingerprint density at radius 3 is 1.88 bits per heavy atom. The van der Waals surface area contributed by atoms with E-state index in [-0.39, 0.29) is 12.5 Å². The molecule has 1 rings (SSSR count). The summed E-state index contributed by atoms with van der Waals surface area (Å²) in [5, 5.41) is 22.7. The van der Waals surface area contributed by atoms with Gasteiger partial charge in [0.1, 0.15) is 6.54 Å². The second-order valence-corrected chi connectivity index (χ2v) is 9.17. The average molecular weight is 450 g/mol. The number of carbonyl (C=O) groups is 1. The molecule has 0 spiro atoms. The van der Waals surface area contributed by atoms with Crippen molar-refractivity contribution in [3.05, 3.63) is 30.6 Å². The van der Waals surface area contributed by atoms with Gasteiger partial charge in [0.15, 0.2) is 12.4 Å². The van der Waals surface area contributed by atoms with Gasteiger partial charge in [-0.05, 0) is 6.42 Å². The molecule has 5 nitrogen and oxygen atoms in total. The lowest BCUT2D eigenvalue weighted by molar-refractivity contribution is -0.697. The first-order chi connectivity index (χ1) is 15.7. The van der Waals surface area contributed by atoms with Gasteiger partial charge in [0, 0.05) is 25.0 Å². The zero-order valence-electron chi connectivity index (χ0n) is 20.5. The van der Waals surface area contributed by atoms with Crippen molar-refractivity contribution in [2.45, 2.75) is 128 Å². The van der Waals surface area contributed by atoms with Gasteiger partial charge in [-0.3, -0.25) is 4.79 Å². The van der Waals surface area contributed by atoms with Crippen LogP contribution in [0.4, 0.5) is 0 Å². The van der Waals surface area contributed by atoms with Crippen LogP contribution in [0.1, 0.15) is 110 Å². The van der Waals surface area contributed by atoms with Crippen LogP contribution < -0.4 is 9.88 Å². The fourth-order valence-electron chi connectivity index (χ4n) is 4.12. The number of aryl methyl sites for hydroxylation is 1. The number of aromatic nitrogens is 1. The highest BCUT2D eigenvalue weighted by molar-refractivity contribution is 5.76. The largest absolute Gasteiger partial charge is 0.394 e. The number of aliphatic hydroxyl groups is 2. The number of hydrogen-bond donors (Lipinski definition) is 3.